The molecule has 0 saturated carbocycles. The molecule has 1 saturated heterocycles. The predicted octanol–water partition coefficient (Wildman–Crippen LogP) is 3.04. The van der Waals surface area contributed by atoms with Crippen LogP contribution in [0, 0.1) is 0 Å². The summed E-state index contributed by atoms with van der Waals surface area (Å²) in [7, 11) is 4.23. The van der Waals surface area contributed by atoms with Gasteiger partial charge < -0.3 is 13.9 Å². The largest absolute Gasteiger partial charge is 0.461 e. The lowest BCUT2D eigenvalue weighted by molar-refractivity contribution is 0.182. The van der Waals surface area contributed by atoms with Crippen LogP contribution < -0.4 is 0 Å². The molecular formula is C15H22N4OS. The lowest BCUT2D eigenvalue weighted by Crippen LogP contribution is -2.36. The van der Waals surface area contributed by atoms with Crippen LogP contribution in [-0.2, 0) is 7.05 Å². The minimum absolute atomic E-state index is 0.726. The summed E-state index contributed by atoms with van der Waals surface area (Å²) in [6, 6.07) is 4.51. The van der Waals surface area contributed by atoms with Crippen LogP contribution in [0.2, 0.25) is 0 Å². The molecule has 0 aliphatic carbocycles. The van der Waals surface area contributed by atoms with E-state index in [1.165, 1.54) is 32.2 Å². The highest BCUT2D eigenvalue weighted by Gasteiger charge is 2.19. The van der Waals surface area contributed by atoms with Crippen LogP contribution in [-0.4, -0.2) is 45.1 Å². The second kappa shape index (κ2) is 6.66. The third-order valence-corrected chi connectivity index (χ3v) is 5.23. The van der Waals surface area contributed by atoms with E-state index in [4.69, 9.17) is 4.42 Å². The Morgan fingerprint density at radius 2 is 2.24 bits per heavy atom. The third kappa shape index (κ3) is 3.32. The zero-order valence-corrected chi connectivity index (χ0v) is 13.5. The fraction of sp³-hybridized carbons (Fsp3) is 0.600. The predicted molar refractivity (Wildman–Crippen MR) is 84.3 cm³/mol. The van der Waals surface area contributed by atoms with E-state index in [0.717, 1.165) is 28.5 Å². The van der Waals surface area contributed by atoms with E-state index in [2.05, 4.69) is 22.1 Å². The summed E-state index contributed by atoms with van der Waals surface area (Å²) in [4.78, 5) is 2.50. The molecule has 0 bridgehead atoms. The highest BCUT2D eigenvalue weighted by atomic mass is 32.2. The highest BCUT2D eigenvalue weighted by molar-refractivity contribution is 7.99. The Morgan fingerprint density at radius 1 is 1.33 bits per heavy atom. The SMILES string of the molecule is CN1CCCC[C@H]1CCSc1nnc(-c2ccco2)n1C. The summed E-state index contributed by atoms with van der Waals surface area (Å²) in [6.45, 7) is 1.24. The molecule has 0 radical (unpaired) electrons. The van der Waals surface area contributed by atoms with Gasteiger partial charge >= 0.3 is 0 Å². The van der Waals surface area contributed by atoms with Gasteiger partial charge in [0.25, 0.3) is 0 Å². The number of thioether (sulfide) groups is 1. The average Bonchev–Trinajstić information content (AvgIpc) is 3.11. The molecule has 1 aliphatic rings. The Bertz CT molecular complexity index is 566. The minimum Gasteiger partial charge on any atom is -0.461 e. The van der Waals surface area contributed by atoms with E-state index in [0.29, 0.717) is 0 Å². The minimum atomic E-state index is 0.726. The van der Waals surface area contributed by atoms with E-state index in [1.54, 1.807) is 18.0 Å². The lowest BCUT2D eigenvalue weighted by Gasteiger charge is -2.32. The van der Waals surface area contributed by atoms with Gasteiger partial charge in [0.05, 0.1) is 6.26 Å². The van der Waals surface area contributed by atoms with Crippen LogP contribution in [0.15, 0.2) is 28.0 Å². The van der Waals surface area contributed by atoms with Gasteiger partial charge in [-0.05, 0) is 45.0 Å². The number of piperidine rings is 1. The van der Waals surface area contributed by atoms with Gasteiger partial charge in [0.15, 0.2) is 16.7 Å². The molecule has 3 heterocycles. The number of nitrogens with zero attached hydrogens (tertiary/aromatic N) is 4. The normalized spacial score (nSPS) is 20.0. The van der Waals surface area contributed by atoms with Crippen LogP contribution in [0.1, 0.15) is 25.7 Å². The smallest absolute Gasteiger partial charge is 0.200 e. The number of furan rings is 1. The number of rotatable bonds is 5. The van der Waals surface area contributed by atoms with Crippen molar-refractivity contribution in [1.82, 2.24) is 19.7 Å². The molecule has 21 heavy (non-hydrogen) atoms. The molecule has 1 atom stereocenters. The van der Waals surface area contributed by atoms with Crippen molar-refractivity contribution in [3.63, 3.8) is 0 Å². The molecule has 2 aromatic rings. The number of likely N-dealkylation sites (tertiary alicyclic amines) is 1. The standard InChI is InChI=1S/C15H22N4OS/c1-18-9-4-3-6-12(18)8-11-21-15-17-16-14(19(15)2)13-7-5-10-20-13/h5,7,10,12H,3-4,6,8-9,11H2,1-2H3/t12-/m0/s1. The van der Waals surface area contributed by atoms with Crippen molar-refractivity contribution < 1.29 is 4.42 Å². The Kier molecular flexibility index (Phi) is 4.65. The molecule has 0 N–H and O–H groups in total. The fourth-order valence-corrected chi connectivity index (χ4v) is 3.81. The van der Waals surface area contributed by atoms with Gasteiger partial charge in [0.2, 0.25) is 0 Å². The van der Waals surface area contributed by atoms with Crippen molar-refractivity contribution in [2.75, 3.05) is 19.3 Å². The van der Waals surface area contributed by atoms with Crippen molar-refractivity contribution >= 4 is 11.8 Å². The molecule has 0 amide bonds. The van der Waals surface area contributed by atoms with Gasteiger partial charge in [-0.15, -0.1) is 10.2 Å². The Balaban J connectivity index is 1.56. The highest BCUT2D eigenvalue weighted by Crippen LogP contribution is 2.25. The molecular weight excluding hydrogens is 284 g/mol. The van der Waals surface area contributed by atoms with Crippen molar-refractivity contribution in [3.05, 3.63) is 18.4 Å². The number of aromatic nitrogens is 3. The van der Waals surface area contributed by atoms with Crippen LogP contribution in [0.4, 0.5) is 0 Å². The molecule has 3 rings (SSSR count). The van der Waals surface area contributed by atoms with Crippen LogP contribution in [0.5, 0.6) is 0 Å². The van der Waals surface area contributed by atoms with Crippen LogP contribution in [0.3, 0.4) is 0 Å². The zero-order chi connectivity index (χ0) is 14.7. The molecule has 1 aliphatic heterocycles. The van der Waals surface area contributed by atoms with E-state index >= 15 is 0 Å². The Hall–Kier alpha value is -1.27. The van der Waals surface area contributed by atoms with Gasteiger partial charge in [-0.25, -0.2) is 0 Å². The summed E-state index contributed by atoms with van der Waals surface area (Å²) in [6.07, 6.45) is 6.91. The molecule has 6 heteroatoms. The van der Waals surface area contributed by atoms with E-state index in [9.17, 15) is 0 Å². The number of hydrogen-bond donors (Lipinski definition) is 0. The van der Waals surface area contributed by atoms with Crippen molar-refractivity contribution in [1.29, 1.82) is 0 Å². The molecule has 114 valence electrons. The fourth-order valence-electron chi connectivity index (χ4n) is 2.86. The molecule has 0 aromatic carbocycles. The van der Waals surface area contributed by atoms with E-state index < -0.39 is 0 Å². The van der Waals surface area contributed by atoms with Crippen LogP contribution in [0.25, 0.3) is 11.6 Å². The first-order valence-electron chi connectivity index (χ1n) is 7.52. The van der Waals surface area contributed by atoms with Gasteiger partial charge in [0, 0.05) is 18.8 Å². The van der Waals surface area contributed by atoms with E-state index in [1.807, 2.05) is 23.7 Å². The number of hydrogen-bond acceptors (Lipinski definition) is 5. The molecule has 0 spiro atoms. The maximum atomic E-state index is 5.39. The first kappa shape index (κ1) is 14.7. The van der Waals surface area contributed by atoms with Gasteiger partial charge in [-0.1, -0.05) is 18.2 Å². The van der Waals surface area contributed by atoms with Gasteiger partial charge in [0.1, 0.15) is 0 Å². The second-order valence-corrected chi connectivity index (χ2v) is 6.67. The third-order valence-electron chi connectivity index (χ3n) is 4.18. The Labute approximate surface area is 129 Å². The van der Waals surface area contributed by atoms with Gasteiger partial charge in [-0.2, -0.15) is 0 Å². The monoisotopic (exact) mass is 306 g/mol. The Morgan fingerprint density at radius 3 is 3.00 bits per heavy atom. The molecule has 5 nitrogen and oxygen atoms in total. The van der Waals surface area contributed by atoms with Crippen LogP contribution >= 0.6 is 11.8 Å². The average molecular weight is 306 g/mol. The summed E-state index contributed by atoms with van der Waals surface area (Å²) >= 11 is 1.78. The maximum absolute atomic E-state index is 5.39. The van der Waals surface area contributed by atoms with Gasteiger partial charge in [-0.3, -0.25) is 0 Å². The van der Waals surface area contributed by atoms with E-state index in [-0.39, 0.29) is 0 Å². The zero-order valence-electron chi connectivity index (χ0n) is 12.7. The first-order chi connectivity index (χ1) is 10.3. The lowest BCUT2D eigenvalue weighted by atomic mass is 10.0. The first-order valence-corrected chi connectivity index (χ1v) is 8.50. The van der Waals surface area contributed by atoms with Crippen molar-refractivity contribution in [2.24, 2.45) is 7.05 Å². The molecule has 1 fully saturated rings. The summed E-state index contributed by atoms with van der Waals surface area (Å²) in [5.41, 5.74) is 0. The topological polar surface area (TPSA) is 47.1 Å². The molecule has 2 aromatic heterocycles. The molecule has 0 unspecified atom stereocenters. The summed E-state index contributed by atoms with van der Waals surface area (Å²) in [5.74, 6) is 2.64. The van der Waals surface area contributed by atoms with Crippen molar-refractivity contribution in [3.8, 4) is 11.6 Å². The second-order valence-electron chi connectivity index (χ2n) is 5.61. The summed E-state index contributed by atoms with van der Waals surface area (Å²) in [5, 5.41) is 9.46. The summed E-state index contributed by atoms with van der Waals surface area (Å²) < 4.78 is 7.40. The van der Waals surface area contributed by atoms with Crippen molar-refractivity contribution in [2.45, 2.75) is 36.9 Å². The quantitative estimate of drug-likeness (QED) is 0.795. The maximum Gasteiger partial charge on any atom is 0.200 e.